The Morgan fingerprint density at radius 3 is 3.00 bits per heavy atom. The van der Waals surface area contributed by atoms with Gasteiger partial charge >= 0.3 is 0 Å². The van der Waals surface area contributed by atoms with Gasteiger partial charge in [0.25, 0.3) is 0 Å². The van der Waals surface area contributed by atoms with Crippen molar-refractivity contribution in [1.29, 1.82) is 0 Å². The number of hydrogen-bond acceptors (Lipinski definition) is 2. The average Bonchev–Trinajstić information content (AvgIpc) is 2.32. The average molecular weight is 303 g/mol. The maximum absolute atomic E-state index is 12.0. The summed E-state index contributed by atoms with van der Waals surface area (Å²) in [5, 5.41) is 7.07. The van der Waals surface area contributed by atoms with Crippen molar-refractivity contribution in [3.8, 4) is 0 Å². The third-order valence-corrected chi connectivity index (χ3v) is 3.66. The summed E-state index contributed by atoms with van der Waals surface area (Å²) in [6, 6.07) is 7.69. The largest absolute Gasteiger partial charge is 0.352 e. The predicted octanol–water partition coefficient (Wildman–Crippen LogP) is 2.42. The Labute approximate surface area is 125 Å². The van der Waals surface area contributed by atoms with Crippen LogP contribution in [-0.4, -0.2) is 25.0 Å². The van der Waals surface area contributed by atoms with E-state index in [0.29, 0.717) is 17.4 Å². The minimum absolute atomic E-state index is 0. The predicted molar refractivity (Wildman–Crippen MR) is 81.0 cm³/mol. The molecule has 2 N–H and O–H groups in total. The normalized spacial score (nSPS) is 22.4. The second-order valence-corrected chi connectivity index (χ2v) is 5.39. The van der Waals surface area contributed by atoms with Crippen LogP contribution in [0.25, 0.3) is 0 Å². The van der Waals surface area contributed by atoms with Crippen LogP contribution in [0.2, 0.25) is 5.02 Å². The van der Waals surface area contributed by atoms with Crippen LogP contribution in [-0.2, 0) is 11.2 Å². The second-order valence-electron chi connectivity index (χ2n) is 4.95. The first-order valence-corrected chi connectivity index (χ1v) is 6.77. The van der Waals surface area contributed by atoms with Crippen molar-refractivity contribution in [3.63, 3.8) is 0 Å². The van der Waals surface area contributed by atoms with Crippen molar-refractivity contribution in [2.75, 3.05) is 13.1 Å². The van der Waals surface area contributed by atoms with Gasteiger partial charge in [-0.05, 0) is 36.6 Å². The van der Waals surface area contributed by atoms with Gasteiger partial charge in [-0.25, -0.2) is 0 Å². The molecule has 1 heterocycles. The van der Waals surface area contributed by atoms with Crippen molar-refractivity contribution in [3.05, 3.63) is 34.9 Å². The van der Waals surface area contributed by atoms with Gasteiger partial charge in [-0.3, -0.25) is 4.79 Å². The lowest BCUT2D eigenvalue weighted by Gasteiger charge is -2.30. The molecule has 5 heteroatoms. The monoisotopic (exact) mass is 302 g/mol. The van der Waals surface area contributed by atoms with Crippen molar-refractivity contribution < 1.29 is 4.79 Å². The Morgan fingerprint density at radius 2 is 2.32 bits per heavy atom. The highest BCUT2D eigenvalue weighted by atomic mass is 35.5. The van der Waals surface area contributed by atoms with E-state index in [4.69, 9.17) is 11.6 Å². The van der Waals surface area contributed by atoms with Crippen molar-refractivity contribution in [1.82, 2.24) is 10.6 Å². The summed E-state index contributed by atoms with van der Waals surface area (Å²) in [4.78, 5) is 12.0. The molecule has 1 fully saturated rings. The van der Waals surface area contributed by atoms with E-state index in [1.807, 2.05) is 24.3 Å². The van der Waals surface area contributed by atoms with E-state index in [2.05, 4.69) is 17.6 Å². The SMILES string of the molecule is CC1CCNCC1NC(=O)Cc1cccc(Cl)c1.Cl. The van der Waals surface area contributed by atoms with E-state index >= 15 is 0 Å². The van der Waals surface area contributed by atoms with Crippen LogP contribution in [0, 0.1) is 5.92 Å². The zero-order valence-electron chi connectivity index (χ0n) is 11.0. The van der Waals surface area contributed by atoms with E-state index in [1.54, 1.807) is 0 Å². The molecule has 106 valence electrons. The molecule has 0 saturated carbocycles. The maximum Gasteiger partial charge on any atom is 0.224 e. The molecular formula is C14H20Cl2N2O. The van der Waals surface area contributed by atoms with Crippen LogP contribution in [0.3, 0.4) is 0 Å². The summed E-state index contributed by atoms with van der Waals surface area (Å²) in [6.07, 6.45) is 1.51. The highest BCUT2D eigenvalue weighted by molar-refractivity contribution is 6.30. The first-order valence-electron chi connectivity index (χ1n) is 6.39. The maximum atomic E-state index is 12.0. The second kappa shape index (κ2) is 7.73. The number of amides is 1. The van der Waals surface area contributed by atoms with Crippen LogP contribution in [0.4, 0.5) is 0 Å². The summed E-state index contributed by atoms with van der Waals surface area (Å²) in [5.74, 6) is 0.604. The van der Waals surface area contributed by atoms with Crippen LogP contribution >= 0.6 is 24.0 Å². The molecular weight excluding hydrogens is 283 g/mol. The first kappa shape index (κ1) is 16.3. The number of piperidine rings is 1. The highest BCUT2D eigenvalue weighted by Gasteiger charge is 2.22. The Hall–Kier alpha value is -0.770. The molecule has 2 atom stereocenters. The molecule has 1 amide bonds. The van der Waals surface area contributed by atoms with Gasteiger partial charge in [0.2, 0.25) is 5.91 Å². The molecule has 3 nitrogen and oxygen atoms in total. The molecule has 1 aliphatic rings. The molecule has 1 aromatic rings. The number of carbonyl (C=O) groups is 1. The Morgan fingerprint density at radius 1 is 1.53 bits per heavy atom. The van der Waals surface area contributed by atoms with Gasteiger partial charge in [-0.15, -0.1) is 12.4 Å². The molecule has 2 rings (SSSR count). The Kier molecular flexibility index (Phi) is 6.63. The summed E-state index contributed by atoms with van der Waals surface area (Å²) in [7, 11) is 0. The summed E-state index contributed by atoms with van der Waals surface area (Å²) in [6.45, 7) is 4.09. The molecule has 1 aliphatic heterocycles. The first-order chi connectivity index (χ1) is 8.65. The molecule has 2 unspecified atom stereocenters. The summed E-state index contributed by atoms with van der Waals surface area (Å²) < 4.78 is 0. The van der Waals surface area contributed by atoms with E-state index < -0.39 is 0 Å². The number of benzene rings is 1. The van der Waals surface area contributed by atoms with Gasteiger partial charge in [0.1, 0.15) is 0 Å². The van der Waals surface area contributed by atoms with Gasteiger partial charge in [-0.1, -0.05) is 30.7 Å². The molecule has 0 radical (unpaired) electrons. The Bertz CT molecular complexity index is 426. The molecule has 0 aliphatic carbocycles. The highest BCUT2D eigenvalue weighted by Crippen LogP contribution is 2.13. The fourth-order valence-electron chi connectivity index (χ4n) is 2.27. The van der Waals surface area contributed by atoms with E-state index in [9.17, 15) is 4.79 Å². The van der Waals surface area contributed by atoms with Crippen LogP contribution in [0.1, 0.15) is 18.9 Å². The lowest BCUT2D eigenvalue weighted by Crippen LogP contribution is -2.50. The fourth-order valence-corrected chi connectivity index (χ4v) is 2.49. The zero-order chi connectivity index (χ0) is 13.0. The van der Waals surface area contributed by atoms with E-state index in [-0.39, 0.29) is 24.4 Å². The van der Waals surface area contributed by atoms with Gasteiger partial charge in [0.05, 0.1) is 6.42 Å². The van der Waals surface area contributed by atoms with Crippen molar-refractivity contribution >= 4 is 29.9 Å². The van der Waals surface area contributed by atoms with Gasteiger partial charge in [-0.2, -0.15) is 0 Å². The van der Waals surface area contributed by atoms with Gasteiger partial charge < -0.3 is 10.6 Å². The lowest BCUT2D eigenvalue weighted by atomic mass is 9.94. The standard InChI is InChI=1S/C14H19ClN2O.ClH/c1-10-5-6-16-9-13(10)17-14(18)8-11-3-2-4-12(15)7-11;/h2-4,7,10,13,16H,5-6,8-9H2,1H3,(H,17,18);1H. The quantitative estimate of drug-likeness (QED) is 0.900. The fraction of sp³-hybridized carbons (Fsp3) is 0.500. The van der Waals surface area contributed by atoms with Crippen molar-refractivity contribution in [2.24, 2.45) is 5.92 Å². The minimum atomic E-state index is 0. The minimum Gasteiger partial charge on any atom is -0.352 e. The number of rotatable bonds is 3. The molecule has 0 spiro atoms. The van der Waals surface area contributed by atoms with Crippen molar-refractivity contribution in [2.45, 2.75) is 25.8 Å². The smallest absolute Gasteiger partial charge is 0.224 e. The number of carbonyl (C=O) groups excluding carboxylic acids is 1. The van der Waals surface area contributed by atoms with Gasteiger partial charge in [0, 0.05) is 17.6 Å². The zero-order valence-corrected chi connectivity index (χ0v) is 12.6. The summed E-state index contributed by atoms with van der Waals surface area (Å²) in [5.41, 5.74) is 0.955. The number of nitrogens with one attached hydrogen (secondary N) is 2. The molecule has 1 aromatic carbocycles. The van der Waals surface area contributed by atoms with Crippen LogP contribution in [0.5, 0.6) is 0 Å². The molecule has 0 bridgehead atoms. The number of halogens is 2. The van der Waals surface area contributed by atoms with Crippen LogP contribution in [0.15, 0.2) is 24.3 Å². The van der Waals surface area contributed by atoms with E-state index in [1.165, 1.54) is 0 Å². The Balaban J connectivity index is 0.00000180. The van der Waals surface area contributed by atoms with Crippen LogP contribution < -0.4 is 10.6 Å². The molecule has 0 aromatic heterocycles. The molecule has 1 saturated heterocycles. The summed E-state index contributed by atoms with van der Waals surface area (Å²) >= 11 is 5.90. The number of hydrogen-bond donors (Lipinski definition) is 2. The van der Waals surface area contributed by atoms with Gasteiger partial charge in [0.15, 0.2) is 0 Å². The topological polar surface area (TPSA) is 41.1 Å². The molecule has 19 heavy (non-hydrogen) atoms. The lowest BCUT2D eigenvalue weighted by molar-refractivity contribution is -0.121. The van der Waals surface area contributed by atoms with E-state index in [0.717, 1.165) is 25.1 Å². The third-order valence-electron chi connectivity index (χ3n) is 3.43. The third kappa shape index (κ3) is 5.01.